The second-order valence-corrected chi connectivity index (χ2v) is 4.31. The largest absolute Gasteiger partial charge is 0.384 e. The van der Waals surface area contributed by atoms with Gasteiger partial charge in [-0.15, -0.1) is 0 Å². The monoisotopic (exact) mass is 226 g/mol. The zero-order valence-electron chi connectivity index (χ0n) is 9.86. The first-order valence-corrected chi connectivity index (χ1v) is 5.53. The first-order chi connectivity index (χ1) is 8.15. The van der Waals surface area contributed by atoms with Gasteiger partial charge in [0.2, 0.25) is 0 Å². The summed E-state index contributed by atoms with van der Waals surface area (Å²) in [5.74, 6) is 0.672. The van der Waals surface area contributed by atoms with Gasteiger partial charge in [-0.3, -0.25) is 4.68 Å². The minimum Gasteiger partial charge on any atom is -0.384 e. The van der Waals surface area contributed by atoms with Crippen LogP contribution < -0.4 is 5.73 Å². The highest BCUT2D eigenvalue weighted by Gasteiger charge is 2.07. The van der Waals surface area contributed by atoms with Crippen LogP contribution in [0.25, 0.3) is 22.2 Å². The van der Waals surface area contributed by atoms with Crippen LogP contribution in [0, 0.1) is 6.92 Å². The number of nitrogens with two attached hydrogens (primary N) is 1. The number of benzene rings is 1. The minimum atomic E-state index is 0.672. The highest BCUT2D eigenvalue weighted by Crippen LogP contribution is 2.26. The molecule has 0 aliphatic rings. The van der Waals surface area contributed by atoms with E-state index in [1.165, 1.54) is 10.9 Å². The molecule has 0 fully saturated rings. The van der Waals surface area contributed by atoms with Crippen LogP contribution in [0.2, 0.25) is 0 Å². The van der Waals surface area contributed by atoms with E-state index < -0.39 is 0 Å². The van der Waals surface area contributed by atoms with Crippen molar-refractivity contribution in [2.75, 3.05) is 5.73 Å². The standard InChI is InChI=1S/C13H14N4/c1-8-7-15-11-4-3-9(5-10(8)11)12-6-13(14)17(2)16-12/h3-7,15H,14H2,1-2H3. The number of hydrogen-bond donors (Lipinski definition) is 2. The molecule has 0 aliphatic carbocycles. The van der Waals surface area contributed by atoms with Crippen LogP contribution in [-0.2, 0) is 7.05 Å². The van der Waals surface area contributed by atoms with Crippen LogP contribution in [0.4, 0.5) is 5.82 Å². The first kappa shape index (κ1) is 9.96. The Balaban J connectivity index is 2.20. The van der Waals surface area contributed by atoms with Crippen molar-refractivity contribution in [2.24, 2.45) is 7.05 Å². The molecule has 0 saturated carbocycles. The average molecular weight is 226 g/mol. The van der Waals surface area contributed by atoms with E-state index in [9.17, 15) is 0 Å². The van der Waals surface area contributed by atoms with Gasteiger partial charge in [0.05, 0.1) is 5.69 Å². The quantitative estimate of drug-likeness (QED) is 0.669. The number of anilines is 1. The van der Waals surface area contributed by atoms with Crippen molar-refractivity contribution in [3.05, 3.63) is 36.0 Å². The van der Waals surface area contributed by atoms with Crippen LogP contribution in [0.5, 0.6) is 0 Å². The molecule has 3 rings (SSSR count). The van der Waals surface area contributed by atoms with E-state index in [0.29, 0.717) is 5.82 Å². The second-order valence-electron chi connectivity index (χ2n) is 4.31. The highest BCUT2D eigenvalue weighted by molar-refractivity contribution is 5.87. The lowest BCUT2D eigenvalue weighted by Gasteiger charge is -1.98. The predicted molar refractivity (Wildman–Crippen MR) is 69.7 cm³/mol. The fourth-order valence-electron chi connectivity index (χ4n) is 2.04. The van der Waals surface area contributed by atoms with Crippen molar-refractivity contribution >= 4 is 16.7 Å². The topological polar surface area (TPSA) is 59.6 Å². The third-order valence-corrected chi connectivity index (χ3v) is 3.10. The van der Waals surface area contributed by atoms with Crippen molar-refractivity contribution < 1.29 is 0 Å². The zero-order chi connectivity index (χ0) is 12.0. The normalized spacial score (nSPS) is 11.2. The smallest absolute Gasteiger partial charge is 0.121 e. The molecule has 0 radical (unpaired) electrons. The van der Waals surface area contributed by atoms with Crippen molar-refractivity contribution in [3.63, 3.8) is 0 Å². The summed E-state index contributed by atoms with van der Waals surface area (Å²) in [4.78, 5) is 3.23. The van der Waals surface area contributed by atoms with Crippen molar-refractivity contribution in [1.29, 1.82) is 0 Å². The Kier molecular flexibility index (Phi) is 1.98. The van der Waals surface area contributed by atoms with Crippen molar-refractivity contribution in [3.8, 4) is 11.3 Å². The van der Waals surface area contributed by atoms with E-state index in [0.717, 1.165) is 16.8 Å². The molecule has 3 N–H and O–H groups in total. The van der Waals surface area contributed by atoms with E-state index >= 15 is 0 Å². The minimum absolute atomic E-state index is 0.672. The van der Waals surface area contributed by atoms with Crippen LogP contribution in [-0.4, -0.2) is 14.8 Å². The molecule has 2 aromatic heterocycles. The summed E-state index contributed by atoms with van der Waals surface area (Å²) in [6.45, 7) is 2.09. The number of aryl methyl sites for hydroxylation is 2. The number of H-pyrrole nitrogens is 1. The van der Waals surface area contributed by atoms with Gasteiger partial charge in [-0.05, 0) is 24.6 Å². The van der Waals surface area contributed by atoms with Crippen LogP contribution in [0.15, 0.2) is 30.5 Å². The number of hydrogen-bond acceptors (Lipinski definition) is 2. The molecule has 1 aromatic carbocycles. The van der Waals surface area contributed by atoms with E-state index in [1.807, 2.05) is 19.3 Å². The van der Waals surface area contributed by atoms with Gasteiger partial charge in [0, 0.05) is 35.8 Å². The maximum Gasteiger partial charge on any atom is 0.121 e. The van der Waals surface area contributed by atoms with Crippen molar-refractivity contribution in [2.45, 2.75) is 6.92 Å². The van der Waals surface area contributed by atoms with Gasteiger partial charge in [0.25, 0.3) is 0 Å². The predicted octanol–water partition coefficient (Wildman–Crippen LogP) is 2.46. The van der Waals surface area contributed by atoms with Crippen LogP contribution in [0.1, 0.15) is 5.56 Å². The lowest BCUT2D eigenvalue weighted by Crippen LogP contribution is -1.96. The Morgan fingerprint density at radius 2 is 2.12 bits per heavy atom. The Morgan fingerprint density at radius 1 is 1.29 bits per heavy atom. The molecule has 0 saturated heterocycles. The van der Waals surface area contributed by atoms with E-state index in [-0.39, 0.29) is 0 Å². The maximum atomic E-state index is 5.79. The SMILES string of the molecule is Cc1c[nH]c2ccc(-c3cc(N)n(C)n3)cc12. The molecule has 0 spiro atoms. The molecule has 0 atom stereocenters. The van der Waals surface area contributed by atoms with Gasteiger partial charge in [-0.25, -0.2) is 0 Å². The fourth-order valence-corrected chi connectivity index (χ4v) is 2.04. The van der Waals surface area contributed by atoms with Gasteiger partial charge in [0.15, 0.2) is 0 Å². The lowest BCUT2D eigenvalue weighted by molar-refractivity contribution is 0.782. The third-order valence-electron chi connectivity index (χ3n) is 3.10. The number of rotatable bonds is 1. The maximum absolute atomic E-state index is 5.79. The molecule has 2 heterocycles. The summed E-state index contributed by atoms with van der Waals surface area (Å²) >= 11 is 0. The number of aromatic amines is 1. The molecule has 17 heavy (non-hydrogen) atoms. The molecule has 86 valence electrons. The Labute approximate surface area is 99.1 Å². The summed E-state index contributed by atoms with van der Waals surface area (Å²) in [5, 5.41) is 5.61. The first-order valence-electron chi connectivity index (χ1n) is 5.53. The number of fused-ring (bicyclic) bond motifs is 1. The summed E-state index contributed by atoms with van der Waals surface area (Å²) in [7, 11) is 1.85. The Hall–Kier alpha value is -2.23. The van der Waals surface area contributed by atoms with Gasteiger partial charge in [-0.1, -0.05) is 6.07 Å². The third kappa shape index (κ3) is 1.49. The van der Waals surface area contributed by atoms with Crippen molar-refractivity contribution in [1.82, 2.24) is 14.8 Å². The zero-order valence-corrected chi connectivity index (χ0v) is 9.86. The molecule has 0 bridgehead atoms. The Bertz CT molecular complexity index is 671. The van der Waals surface area contributed by atoms with E-state index in [4.69, 9.17) is 5.73 Å². The van der Waals surface area contributed by atoms with Gasteiger partial charge >= 0.3 is 0 Å². The van der Waals surface area contributed by atoms with Gasteiger partial charge < -0.3 is 10.7 Å². The fraction of sp³-hybridized carbons (Fsp3) is 0.154. The molecular formula is C13H14N4. The van der Waals surface area contributed by atoms with E-state index in [1.54, 1.807) is 4.68 Å². The van der Waals surface area contributed by atoms with E-state index in [2.05, 4.69) is 35.2 Å². The molecule has 3 aromatic rings. The van der Waals surface area contributed by atoms with Crippen LogP contribution in [0.3, 0.4) is 0 Å². The molecule has 0 amide bonds. The van der Waals surface area contributed by atoms with Crippen LogP contribution >= 0.6 is 0 Å². The molecular weight excluding hydrogens is 212 g/mol. The molecule has 0 unspecified atom stereocenters. The molecule has 4 nitrogen and oxygen atoms in total. The molecule has 4 heteroatoms. The number of nitrogens with one attached hydrogen (secondary N) is 1. The second kappa shape index (κ2) is 3.38. The summed E-state index contributed by atoms with van der Waals surface area (Å²) in [6.07, 6.45) is 2.02. The lowest BCUT2D eigenvalue weighted by atomic mass is 10.1. The number of nitrogens with zero attached hydrogens (tertiary/aromatic N) is 2. The summed E-state index contributed by atoms with van der Waals surface area (Å²) < 4.78 is 1.68. The number of nitrogen functional groups attached to an aromatic ring is 1. The van der Waals surface area contributed by atoms with Gasteiger partial charge in [0.1, 0.15) is 5.82 Å². The van der Waals surface area contributed by atoms with Gasteiger partial charge in [-0.2, -0.15) is 5.10 Å². The summed E-state index contributed by atoms with van der Waals surface area (Å²) in [5.41, 5.74) is 10.2. The summed E-state index contributed by atoms with van der Waals surface area (Å²) in [6, 6.07) is 8.16. The Morgan fingerprint density at radius 3 is 2.82 bits per heavy atom. The molecule has 0 aliphatic heterocycles. The highest BCUT2D eigenvalue weighted by atomic mass is 15.3. The average Bonchev–Trinajstić information content (AvgIpc) is 2.84. The number of aromatic nitrogens is 3.